The van der Waals surface area contributed by atoms with Crippen LogP contribution in [-0.2, 0) is 11.2 Å². The van der Waals surface area contributed by atoms with Crippen molar-refractivity contribution in [1.29, 1.82) is 0 Å². The molecule has 25 heavy (non-hydrogen) atoms. The lowest BCUT2D eigenvalue weighted by molar-refractivity contribution is -0.121. The molecule has 1 saturated heterocycles. The molecule has 0 bridgehead atoms. The van der Waals surface area contributed by atoms with E-state index in [1.54, 1.807) is 0 Å². The maximum atomic E-state index is 12.3. The molecular formula is C18H22N4O3. The highest BCUT2D eigenvalue weighted by molar-refractivity contribution is 5.79. The summed E-state index contributed by atoms with van der Waals surface area (Å²) in [4.78, 5) is 14.6. The molecule has 2 aromatic rings. The number of nitrogens with one attached hydrogen (secondary N) is 2. The standard InChI is InChI=1S/C18H22N4O3/c1-12-8-17(21-20-12)22-6-4-14(5-7-22)19-18(23)10-13-2-3-15-16(9-13)25-11-24-15/h2-3,8-9,14H,4-7,10-11H2,1H3,(H,19,23)(H,20,21). The lowest BCUT2D eigenvalue weighted by Crippen LogP contribution is -2.45. The second kappa shape index (κ2) is 6.66. The van der Waals surface area contributed by atoms with Crippen LogP contribution >= 0.6 is 0 Å². The highest BCUT2D eigenvalue weighted by Gasteiger charge is 2.22. The molecule has 0 spiro atoms. The molecule has 7 heteroatoms. The zero-order valence-electron chi connectivity index (χ0n) is 14.2. The number of amides is 1. The van der Waals surface area contributed by atoms with Gasteiger partial charge in [0.25, 0.3) is 0 Å². The minimum Gasteiger partial charge on any atom is -0.454 e. The van der Waals surface area contributed by atoms with Crippen LogP contribution < -0.4 is 19.7 Å². The number of aryl methyl sites for hydroxylation is 1. The number of ether oxygens (including phenoxy) is 2. The Balaban J connectivity index is 1.27. The number of anilines is 1. The van der Waals surface area contributed by atoms with Gasteiger partial charge in [-0.25, -0.2) is 0 Å². The lowest BCUT2D eigenvalue weighted by atomic mass is 10.0. The van der Waals surface area contributed by atoms with Gasteiger partial charge in [0.05, 0.1) is 6.42 Å². The first-order chi connectivity index (χ1) is 12.2. The molecule has 1 aromatic carbocycles. The van der Waals surface area contributed by atoms with Gasteiger partial charge in [-0.3, -0.25) is 9.89 Å². The number of fused-ring (bicyclic) bond motifs is 1. The predicted octanol–water partition coefficient (Wildman–Crippen LogP) is 1.77. The normalized spacial score (nSPS) is 16.9. The van der Waals surface area contributed by atoms with Gasteiger partial charge in [-0.2, -0.15) is 5.10 Å². The average molecular weight is 342 g/mol. The Morgan fingerprint density at radius 1 is 1.28 bits per heavy atom. The average Bonchev–Trinajstić information content (AvgIpc) is 3.24. The molecule has 0 saturated carbocycles. The lowest BCUT2D eigenvalue weighted by Gasteiger charge is -2.32. The summed E-state index contributed by atoms with van der Waals surface area (Å²) in [6, 6.07) is 7.92. The van der Waals surface area contributed by atoms with Gasteiger partial charge in [0, 0.05) is 30.9 Å². The van der Waals surface area contributed by atoms with Crippen LogP contribution in [0.1, 0.15) is 24.1 Å². The van der Waals surface area contributed by atoms with Crippen LogP contribution in [0, 0.1) is 6.92 Å². The number of aromatic nitrogens is 2. The zero-order chi connectivity index (χ0) is 17.2. The fourth-order valence-corrected chi connectivity index (χ4v) is 3.33. The summed E-state index contributed by atoms with van der Waals surface area (Å²) in [6.07, 6.45) is 2.22. The Morgan fingerprint density at radius 3 is 2.84 bits per heavy atom. The van der Waals surface area contributed by atoms with Crippen LogP contribution in [0.25, 0.3) is 0 Å². The summed E-state index contributed by atoms with van der Waals surface area (Å²) in [5, 5.41) is 10.4. The Labute approximate surface area is 146 Å². The molecule has 2 aliphatic rings. The number of hydrogen-bond donors (Lipinski definition) is 2. The molecule has 2 N–H and O–H groups in total. The molecule has 0 unspecified atom stereocenters. The van der Waals surface area contributed by atoms with E-state index in [-0.39, 0.29) is 18.7 Å². The quantitative estimate of drug-likeness (QED) is 0.885. The number of carbonyl (C=O) groups excluding carboxylic acids is 1. The molecule has 0 aliphatic carbocycles. The third kappa shape index (κ3) is 3.55. The van der Waals surface area contributed by atoms with Crippen LogP contribution in [-0.4, -0.2) is 42.0 Å². The van der Waals surface area contributed by atoms with Crippen LogP contribution in [0.4, 0.5) is 5.82 Å². The van der Waals surface area contributed by atoms with E-state index in [1.165, 1.54) is 0 Å². The van der Waals surface area contributed by atoms with Gasteiger partial charge < -0.3 is 19.7 Å². The number of piperidine rings is 1. The Kier molecular flexibility index (Phi) is 4.21. The Bertz CT molecular complexity index is 765. The van der Waals surface area contributed by atoms with Crippen LogP contribution in [0.5, 0.6) is 11.5 Å². The third-order valence-corrected chi connectivity index (χ3v) is 4.68. The van der Waals surface area contributed by atoms with E-state index in [0.29, 0.717) is 12.2 Å². The maximum Gasteiger partial charge on any atom is 0.231 e. The number of carbonyl (C=O) groups is 1. The smallest absolute Gasteiger partial charge is 0.231 e. The van der Waals surface area contributed by atoms with E-state index in [4.69, 9.17) is 9.47 Å². The summed E-state index contributed by atoms with van der Waals surface area (Å²) in [5.41, 5.74) is 2.00. The number of rotatable bonds is 4. The second-order valence-corrected chi connectivity index (χ2v) is 6.60. The van der Waals surface area contributed by atoms with Gasteiger partial charge in [0.2, 0.25) is 12.7 Å². The molecule has 0 radical (unpaired) electrons. The SMILES string of the molecule is Cc1cc(N2CCC(NC(=O)Cc3ccc4c(c3)OCO4)CC2)n[nH]1. The summed E-state index contributed by atoms with van der Waals surface area (Å²) in [7, 11) is 0. The van der Waals surface area contributed by atoms with Crippen molar-refractivity contribution in [3.63, 3.8) is 0 Å². The van der Waals surface area contributed by atoms with Gasteiger partial charge in [0.15, 0.2) is 17.3 Å². The van der Waals surface area contributed by atoms with E-state index >= 15 is 0 Å². The van der Waals surface area contributed by atoms with Crippen molar-refractivity contribution in [2.75, 3.05) is 24.8 Å². The molecule has 4 rings (SSSR count). The number of hydrogen-bond acceptors (Lipinski definition) is 5. The molecule has 1 aromatic heterocycles. The number of H-pyrrole nitrogens is 1. The third-order valence-electron chi connectivity index (χ3n) is 4.68. The first-order valence-corrected chi connectivity index (χ1v) is 8.62. The highest BCUT2D eigenvalue weighted by Crippen LogP contribution is 2.32. The number of benzene rings is 1. The fourth-order valence-electron chi connectivity index (χ4n) is 3.33. The first-order valence-electron chi connectivity index (χ1n) is 8.62. The fraction of sp³-hybridized carbons (Fsp3) is 0.444. The molecule has 132 valence electrons. The Morgan fingerprint density at radius 2 is 2.08 bits per heavy atom. The minimum absolute atomic E-state index is 0.0490. The Hall–Kier alpha value is -2.70. The van der Waals surface area contributed by atoms with Crippen molar-refractivity contribution in [3.05, 3.63) is 35.5 Å². The molecule has 1 fully saturated rings. The molecular weight excluding hydrogens is 320 g/mol. The number of aromatic amines is 1. The van der Waals surface area contributed by atoms with Crippen LogP contribution in [0.3, 0.4) is 0 Å². The van der Waals surface area contributed by atoms with Crippen molar-refractivity contribution in [2.24, 2.45) is 0 Å². The van der Waals surface area contributed by atoms with Gasteiger partial charge in [0.1, 0.15) is 0 Å². The molecule has 1 amide bonds. The van der Waals surface area contributed by atoms with Gasteiger partial charge in [-0.15, -0.1) is 0 Å². The summed E-state index contributed by atoms with van der Waals surface area (Å²) in [5.74, 6) is 2.49. The van der Waals surface area contributed by atoms with Crippen molar-refractivity contribution >= 4 is 11.7 Å². The van der Waals surface area contributed by atoms with E-state index < -0.39 is 0 Å². The maximum absolute atomic E-state index is 12.3. The van der Waals surface area contributed by atoms with Crippen LogP contribution in [0.15, 0.2) is 24.3 Å². The zero-order valence-corrected chi connectivity index (χ0v) is 14.2. The molecule has 7 nitrogen and oxygen atoms in total. The summed E-state index contributed by atoms with van der Waals surface area (Å²) in [6.45, 7) is 4.05. The van der Waals surface area contributed by atoms with Crippen molar-refractivity contribution in [3.8, 4) is 11.5 Å². The minimum atomic E-state index is 0.0490. The summed E-state index contributed by atoms with van der Waals surface area (Å²) < 4.78 is 10.7. The number of nitrogens with zero attached hydrogens (tertiary/aromatic N) is 2. The molecule has 3 heterocycles. The van der Waals surface area contributed by atoms with Gasteiger partial charge >= 0.3 is 0 Å². The van der Waals surface area contributed by atoms with E-state index in [9.17, 15) is 4.79 Å². The molecule has 2 aliphatic heterocycles. The topological polar surface area (TPSA) is 79.5 Å². The molecule has 0 atom stereocenters. The highest BCUT2D eigenvalue weighted by atomic mass is 16.7. The van der Waals surface area contributed by atoms with Gasteiger partial charge in [-0.1, -0.05) is 6.07 Å². The van der Waals surface area contributed by atoms with Crippen molar-refractivity contribution in [2.45, 2.75) is 32.2 Å². The largest absolute Gasteiger partial charge is 0.454 e. The van der Waals surface area contributed by atoms with E-state index in [0.717, 1.165) is 48.8 Å². The van der Waals surface area contributed by atoms with Crippen LogP contribution in [0.2, 0.25) is 0 Å². The van der Waals surface area contributed by atoms with E-state index in [1.807, 2.05) is 25.1 Å². The van der Waals surface area contributed by atoms with Crippen molar-refractivity contribution in [1.82, 2.24) is 15.5 Å². The van der Waals surface area contributed by atoms with Gasteiger partial charge in [-0.05, 0) is 37.5 Å². The monoisotopic (exact) mass is 342 g/mol. The van der Waals surface area contributed by atoms with Crippen molar-refractivity contribution < 1.29 is 14.3 Å². The first kappa shape index (κ1) is 15.8. The summed E-state index contributed by atoms with van der Waals surface area (Å²) >= 11 is 0. The predicted molar refractivity (Wildman–Crippen MR) is 93.0 cm³/mol. The second-order valence-electron chi connectivity index (χ2n) is 6.60. The van der Waals surface area contributed by atoms with E-state index in [2.05, 4.69) is 26.5 Å².